The summed E-state index contributed by atoms with van der Waals surface area (Å²) in [4.78, 5) is 78.1. The molecule has 2 aromatic carbocycles. The summed E-state index contributed by atoms with van der Waals surface area (Å²) in [6, 6.07) is 12.4. The van der Waals surface area contributed by atoms with Gasteiger partial charge in [-0.15, -0.1) is 0 Å². The molecule has 5 N–H and O–H groups in total. The van der Waals surface area contributed by atoms with Crippen LogP contribution in [0.25, 0.3) is 0 Å². The number of alkyl carbamates (subject to hydrolysis) is 1. The Morgan fingerprint density at radius 3 is 2.04 bits per heavy atom. The highest BCUT2D eigenvalue weighted by molar-refractivity contribution is 5.90. The second kappa shape index (κ2) is 21.3. The fourth-order valence-corrected chi connectivity index (χ4v) is 6.51. The van der Waals surface area contributed by atoms with E-state index in [0.717, 1.165) is 23.8 Å². The molecule has 4 atom stereocenters. The Morgan fingerprint density at radius 2 is 1.48 bits per heavy atom. The molecule has 1 aliphatic carbocycles. The Balaban J connectivity index is 1.70. The van der Waals surface area contributed by atoms with Crippen LogP contribution in [0.2, 0.25) is 0 Å². The van der Waals surface area contributed by atoms with Crippen LogP contribution in [0.15, 0.2) is 54.6 Å². The van der Waals surface area contributed by atoms with Crippen LogP contribution in [0, 0.1) is 11.8 Å². The van der Waals surface area contributed by atoms with Crippen LogP contribution in [0.4, 0.5) is 13.6 Å². The number of methoxy groups -OCH3 is 1. The van der Waals surface area contributed by atoms with E-state index in [4.69, 9.17) is 4.74 Å². The van der Waals surface area contributed by atoms with Crippen molar-refractivity contribution in [2.75, 3.05) is 20.2 Å². The average molecular weight is 788 g/mol. The number of aliphatic hydroxyl groups is 1. The van der Waals surface area contributed by atoms with E-state index >= 15 is 8.78 Å². The molecular formula is C40H55F2N5O9. The Hall–Kier alpha value is -5.12. The summed E-state index contributed by atoms with van der Waals surface area (Å²) in [7, 11) is 1.16. The lowest BCUT2D eigenvalue weighted by atomic mass is 9.93. The summed E-state index contributed by atoms with van der Waals surface area (Å²) >= 11 is 0. The lowest BCUT2D eigenvalue weighted by Crippen LogP contribution is -2.61. The van der Waals surface area contributed by atoms with Gasteiger partial charge in [0, 0.05) is 19.5 Å². The number of esters is 1. The van der Waals surface area contributed by atoms with Gasteiger partial charge < -0.3 is 40.7 Å². The summed E-state index contributed by atoms with van der Waals surface area (Å²) in [5, 5.41) is 20.5. The SMILES string of the molecule is COC(=O)[C@H](CCCCNC(=O)C(F)(F)C(O)[C@@H](NC(=O)CN(C(=O)[C@@H](NC(=O)OCc1ccccc1)C(C)C)C1Cc2ccccc2C1)C(C)C)NC(C)=O. The highest BCUT2D eigenvalue weighted by Gasteiger charge is 2.51. The fourth-order valence-electron chi connectivity index (χ4n) is 6.51. The minimum absolute atomic E-state index is 0.0330. The maximum atomic E-state index is 15.4. The third-order valence-electron chi connectivity index (χ3n) is 9.61. The number of halogens is 2. The zero-order valence-corrected chi connectivity index (χ0v) is 32.8. The number of unbranched alkanes of at least 4 members (excludes halogenated alkanes) is 1. The molecule has 1 aliphatic rings. The van der Waals surface area contributed by atoms with Crippen LogP contribution in [0.5, 0.6) is 0 Å². The number of amides is 5. The molecule has 0 bridgehead atoms. The number of aliphatic hydroxyl groups excluding tert-OH is 1. The molecule has 2 aromatic rings. The molecule has 0 aliphatic heterocycles. The van der Waals surface area contributed by atoms with Gasteiger partial charge in [-0.05, 0) is 60.6 Å². The van der Waals surface area contributed by atoms with Gasteiger partial charge in [0.15, 0.2) is 0 Å². The number of alkyl halides is 2. The first-order chi connectivity index (χ1) is 26.5. The quantitative estimate of drug-likeness (QED) is 0.0992. The second-order valence-corrected chi connectivity index (χ2v) is 14.7. The van der Waals surface area contributed by atoms with Gasteiger partial charge in [0.25, 0.3) is 5.91 Å². The topological polar surface area (TPSA) is 192 Å². The van der Waals surface area contributed by atoms with Crippen molar-refractivity contribution in [1.29, 1.82) is 0 Å². The molecule has 0 fully saturated rings. The first-order valence-corrected chi connectivity index (χ1v) is 18.8. The molecule has 0 radical (unpaired) electrons. The van der Waals surface area contributed by atoms with Crippen molar-refractivity contribution in [3.63, 3.8) is 0 Å². The number of carbonyl (C=O) groups excluding carboxylic acids is 6. The number of rotatable bonds is 20. The van der Waals surface area contributed by atoms with Gasteiger partial charge in [0.05, 0.1) is 19.7 Å². The Kier molecular flexibility index (Phi) is 17.2. The normalized spacial score (nSPS) is 14.8. The van der Waals surface area contributed by atoms with Crippen LogP contribution in [-0.4, -0.2) is 102 Å². The van der Waals surface area contributed by atoms with Crippen molar-refractivity contribution in [1.82, 2.24) is 26.2 Å². The summed E-state index contributed by atoms with van der Waals surface area (Å²) in [6.45, 7) is 6.83. The molecule has 5 amide bonds. The number of hydrogen-bond acceptors (Lipinski definition) is 9. The number of benzene rings is 2. The second-order valence-electron chi connectivity index (χ2n) is 14.7. The van der Waals surface area contributed by atoms with E-state index in [-0.39, 0.29) is 32.4 Å². The van der Waals surface area contributed by atoms with Crippen molar-refractivity contribution in [3.8, 4) is 0 Å². The fraction of sp³-hybridized carbons (Fsp3) is 0.550. The Morgan fingerprint density at radius 1 is 0.875 bits per heavy atom. The first-order valence-electron chi connectivity index (χ1n) is 18.8. The molecule has 16 heteroatoms. The van der Waals surface area contributed by atoms with E-state index in [1.165, 1.54) is 25.7 Å². The molecule has 56 heavy (non-hydrogen) atoms. The summed E-state index contributed by atoms with van der Waals surface area (Å²) in [6.07, 6.45) is -2.09. The third-order valence-corrected chi connectivity index (χ3v) is 9.61. The average Bonchev–Trinajstić information content (AvgIpc) is 3.59. The first kappa shape index (κ1) is 45.3. The number of nitrogens with one attached hydrogen (secondary N) is 4. The maximum Gasteiger partial charge on any atom is 0.408 e. The third kappa shape index (κ3) is 13.0. The van der Waals surface area contributed by atoms with Gasteiger partial charge in [0.2, 0.25) is 17.7 Å². The zero-order valence-electron chi connectivity index (χ0n) is 32.8. The summed E-state index contributed by atoms with van der Waals surface area (Å²) < 4.78 is 40.9. The maximum absolute atomic E-state index is 15.4. The van der Waals surface area contributed by atoms with Crippen molar-refractivity contribution >= 4 is 35.7 Å². The predicted octanol–water partition coefficient (Wildman–Crippen LogP) is 3.03. The van der Waals surface area contributed by atoms with Gasteiger partial charge >= 0.3 is 18.0 Å². The number of ether oxygens (including phenoxy) is 2. The molecule has 0 aromatic heterocycles. The van der Waals surface area contributed by atoms with E-state index in [2.05, 4.69) is 26.0 Å². The van der Waals surface area contributed by atoms with E-state index in [1.807, 2.05) is 30.3 Å². The molecule has 0 saturated carbocycles. The predicted molar refractivity (Wildman–Crippen MR) is 202 cm³/mol. The van der Waals surface area contributed by atoms with Crippen molar-refractivity contribution < 1.29 is 52.1 Å². The van der Waals surface area contributed by atoms with Crippen molar-refractivity contribution in [2.45, 2.75) is 110 Å². The van der Waals surface area contributed by atoms with Crippen LogP contribution in [0.1, 0.15) is 70.6 Å². The number of hydrogen-bond donors (Lipinski definition) is 5. The summed E-state index contributed by atoms with van der Waals surface area (Å²) in [5.41, 5.74) is 2.70. The molecule has 308 valence electrons. The Labute approximate surface area is 326 Å². The smallest absolute Gasteiger partial charge is 0.408 e. The van der Waals surface area contributed by atoms with Crippen molar-refractivity contribution in [2.24, 2.45) is 11.8 Å². The van der Waals surface area contributed by atoms with Gasteiger partial charge in [-0.2, -0.15) is 8.78 Å². The van der Waals surface area contributed by atoms with E-state index < -0.39 is 90.3 Å². The number of nitrogens with zero attached hydrogens (tertiary/aromatic N) is 1. The molecule has 0 saturated heterocycles. The van der Waals surface area contributed by atoms with Crippen LogP contribution in [0.3, 0.4) is 0 Å². The zero-order chi connectivity index (χ0) is 41.6. The lowest BCUT2D eigenvalue weighted by molar-refractivity contribution is -0.169. The number of fused-ring (bicyclic) bond motifs is 1. The highest BCUT2D eigenvalue weighted by atomic mass is 19.3. The number of carbonyl (C=O) groups is 6. The van der Waals surface area contributed by atoms with Crippen LogP contribution >= 0.6 is 0 Å². The van der Waals surface area contributed by atoms with E-state index in [1.54, 1.807) is 38.1 Å². The standard InChI is InChI=1S/C40H55F2N5O9/c1-24(2)33(35(50)40(41,42)38(53)43-19-13-12-18-31(37(52)55-6)44-26(5)48)45-32(49)22-47(30-20-28-16-10-11-17-29(28)21-30)36(51)34(25(3)4)46-39(54)56-23-27-14-8-7-9-15-27/h7-11,14-17,24-25,30-31,33-35,50H,12-13,18-23H2,1-6H3,(H,43,53)(H,44,48)(H,45,49)(H,46,54)/t31-,33-,34-,35?/m0/s1. The molecule has 3 rings (SSSR count). The minimum Gasteiger partial charge on any atom is -0.467 e. The highest BCUT2D eigenvalue weighted by Crippen LogP contribution is 2.28. The van der Waals surface area contributed by atoms with Gasteiger partial charge in [-0.1, -0.05) is 82.3 Å². The van der Waals surface area contributed by atoms with Gasteiger partial charge in [0.1, 0.15) is 24.8 Å². The van der Waals surface area contributed by atoms with Crippen LogP contribution in [-0.2, 0) is 52.9 Å². The Bertz CT molecular complexity index is 1630. The lowest BCUT2D eigenvalue weighted by Gasteiger charge is -2.35. The van der Waals surface area contributed by atoms with Crippen LogP contribution < -0.4 is 21.3 Å². The van der Waals surface area contributed by atoms with E-state index in [0.29, 0.717) is 12.8 Å². The minimum atomic E-state index is -4.33. The largest absolute Gasteiger partial charge is 0.467 e. The molecule has 0 spiro atoms. The molecular weight excluding hydrogens is 732 g/mol. The van der Waals surface area contributed by atoms with E-state index in [9.17, 15) is 33.9 Å². The van der Waals surface area contributed by atoms with Gasteiger partial charge in [-0.3, -0.25) is 19.2 Å². The van der Waals surface area contributed by atoms with Crippen molar-refractivity contribution in [3.05, 3.63) is 71.3 Å². The van der Waals surface area contributed by atoms with Gasteiger partial charge in [-0.25, -0.2) is 9.59 Å². The summed E-state index contributed by atoms with van der Waals surface area (Å²) in [5.74, 6) is -9.86. The molecule has 14 nitrogen and oxygen atoms in total. The molecule has 1 unspecified atom stereocenters. The monoisotopic (exact) mass is 787 g/mol. The molecule has 0 heterocycles.